The van der Waals surface area contributed by atoms with Crippen molar-refractivity contribution in [1.82, 2.24) is 0 Å². The normalized spacial score (nSPS) is 14.1. The van der Waals surface area contributed by atoms with E-state index in [4.69, 9.17) is 13.6 Å². The van der Waals surface area contributed by atoms with Crippen molar-refractivity contribution >= 4 is 38.9 Å². The number of allylic oxidation sites excluding steroid dienone is 1. The Bertz CT molecular complexity index is 1570. The van der Waals surface area contributed by atoms with E-state index in [9.17, 15) is 4.79 Å². The molecule has 0 radical (unpaired) electrons. The van der Waals surface area contributed by atoms with Crippen LogP contribution in [0, 0.1) is 0 Å². The van der Waals surface area contributed by atoms with Crippen molar-refractivity contribution in [2.24, 2.45) is 0 Å². The van der Waals surface area contributed by atoms with Gasteiger partial charge in [-0.2, -0.15) is 0 Å². The molecule has 4 rings (SSSR count). The van der Waals surface area contributed by atoms with Crippen LogP contribution in [0.4, 0.5) is 0 Å². The Labute approximate surface area is 304 Å². The Morgan fingerprint density at radius 1 is 0.680 bits per heavy atom. The first kappa shape index (κ1) is 39.4. The Morgan fingerprint density at radius 3 is 1.68 bits per heavy atom. The zero-order valence-electron chi connectivity index (χ0n) is 31.5. The van der Waals surface area contributed by atoms with E-state index in [1.54, 1.807) is 6.08 Å². The molecule has 2 atom stereocenters. The highest BCUT2D eigenvalue weighted by Crippen LogP contribution is 2.39. The van der Waals surface area contributed by atoms with Gasteiger partial charge in [-0.1, -0.05) is 169 Å². The predicted molar refractivity (Wildman–Crippen MR) is 215 cm³/mol. The molecule has 0 amide bonds. The molecule has 4 aromatic rings. The highest BCUT2D eigenvalue weighted by atomic mass is 28.4. The molecular weight excluding hydrogens is 649 g/mol. The molecule has 0 fully saturated rings. The Kier molecular flexibility index (Phi) is 13.9. The van der Waals surface area contributed by atoms with Gasteiger partial charge in [-0.15, -0.1) is 0 Å². The molecule has 0 aliphatic carbocycles. The summed E-state index contributed by atoms with van der Waals surface area (Å²) < 4.78 is 21.3. The summed E-state index contributed by atoms with van der Waals surface area (Å²) in [5.41, 5.74) is 2.14. The quantitative estimate of drug-likeness (QED) is 0.0810. The summed E-state index contributed by atoms with van der Waals surface area (Å²) in [6.45, 7) is 19.2. The summed E-state index contributed by atoms with van der Waals surface area (Å²) in [6, 6.07) is 41.8. The van der Waals surface area contributed by atoms with Gasteiger partial charge in [-0.3, -0.25) is 4.79 Å². The fourth-order valence-corrected chi connectivity index (χ4v) is 12.2. The number of rotatable bonds is 17. The molecule has 0 saturated heterocycles. The molecule has 0 saturated carbocycles. The molecule has 0 aliphatic rings. The first-order valence-electron chi connectivity index (χ1n) is 18.1. The SMILES string of the molecule is CC(C)(C)[Si](C)(C)O[C@@H](CCC(=O)/C=C/c1ccccc1)C[C@H](CO[Si](c1ccccc1)(c1ccccc1)C(C)(C)C)OCc1ccccc1. The maximum atomic E-state index is 13.2. The lowest BCUT2D eigenvalue weighted by Gasteiger charge is -2.44. The minimum atomic E-state index is -2.80. The van der Waals surface area contributed by atoms with Crippen LogP contribution in [-0.2, 0) is 25.0 Å². The van der Waals surface area contributed by atoms with Gasteiger partial charge in [0.2, 0.25) is 0 Å². The lowest BCUT2D eigenvalue weighted by Crippen LogP contribution is -2.67. The molecule has 0 aromatic heterocycles. The molecule has 6 heteroatoms. The standard InChI is InChI=1S/C44H58O4Si2/c1-43(2,3)49(7,8)48-39(32-31-38(45)30-29-36-21-13-9-14-22-36)33-40(46-34-37-23-15-10-16-24-37)35-47-50(44(4,5)6,41-25-17-11-18-26-41)42-27-19-12-20-28-42/h9-30,39-40H,31-35H2,1-8H3/b30-29+/t39-,40+/m0/s1. The van der Waals surface area contributed by atoms with E-state index in [0.717, 1.165) is 11.1 Å². The maximum Gasteiger partial charge on any atom is 0.261 e. The first-order chi connectivity index (χ1) is 23.7. The van der Waals surface area contributed by atoms with E-state index in [0.29, 0.717) is 32.5 Å². The fourth-order valence-electron chi connectivity index (χ4n) is 6.20. The van der Waals surface area contributed by atoms with Gasteiger partial charge >= 0.3 is 0 Å². The highest BCUT2D eigenvalue weighted by Gasteiger charge is 2.50. The van der Waals surface area contributed by atoms with E-state index in [2.05, 4.69) is 127 Å². The van der Waals surface area contributed by atoms with Crippen molar-refractivity contribution in [3.8, 4) is 0 Å². The van der Waals surface area contributed by atoms with Crippen LogP contribution in [0.25, 0.3) is 6.08 Å². The number of carbonyl (C=O) groups is 1. The predicted octanol–water partition coefficient (Wildman–Crippen LogP) is 9.99. The molecule has 0 unspecified atom stereocenters. The molecule has 266 valence electrons. The number of ketones is 1. The van der Waals surface area contributed by atoms with Crippen LogP contribution in [0.15, 0.2) is 127 Å². The van der Waals surface area contributed by atoms with E-state index in [1.165, 1.54) is 10.4 Å². The van der Waals surface area contributed by atoms with Crippen LogP contribution in [0.5, 0.6) is 0 Å². The Hall–Kier alpha value is -3.40. The number of carbonyl (C=O) groups excluding carboxylic acids is 1. The lowest BCUT2D eigenvalue weighted by atomic mass is 10.0. The summed E-state index contributed by atoms with van der Waals surface area (Å²) in [5.74, 6) is 0.100. The van der Waals surface area contributed by atoms with E-state index in [1.807, 2.05) is 54.6 Å². The van der Waals surface area contributed by atoms with Gasteiger partial charge in [0.25, 0.3) is 8.32 Å². The number of hydrogen-bond acceptors (Lipinski definition) is 4. The lowest BCUT2D eigenvalue weighted by molar-refractivity contribution is -0.115. The van der Waals surface area contributed by atoms with Crippen molar-refractivity contribution in [1.29, 1.82) is 0 Å². The average Bonchev–Trinajstić information content (AvgIpc) is 3.09. The van der Waals surface area contributed by atoms with Crippen molar-refractivity contribution in [2.45, 2.75) is 103 Å². The van der Waals surface area contributed by atoms with E-state index < -0.39 is 16.6 Å². The van der Waals surface area contributed by atoms with Crippen LogP contribution in [-0.4, -0.2) is 41.2 Å². The van der Waals surface area contributed by atoms with Crippen LogP contribution in [0.1, 0.15) is 71.9 Å². The Morgan fingerprint density at radius 2 is 1.18 bits per heavy atom. The summed E-state index contributed by atoms with van der Waals surface area (Å²) in [5, 5.41) is 2.35. The smallest absolute Gasteiger partial charge is 0.261 e. The van der Waals surface area contributed by atoms with Crippen LogP contribution < -0.4 is 10.4 Å². The molecule has 4 nitrogen and oxygen atoms in total. The monoisotopic (exact) mass is 706 g/mol. The third kappa shape index (κ3) is 10.8. The summed E-state index contributed by atoms with van der Waals surface area (Å²) in [6.07, 6.45) is 4.85. The van der Waals surface area contributed by atoms with Gasteiger partial charge in [0, 0.05) is 18.9 Å². The zero-order valence-corrected chi connectivity index (χ0v) is 33.5. The molecule has 50 heavy (non-hydrogen) atoms. The van der Waals surface area contributed by atoms with E-state index in [-0.39, 0.29) is 28.1 Å². The van der Waals surface area contributed by atoms with E-state index >= 15 is 0 Å². The number of hydrogen-bond donors (Lipinski definition) is 0. The third-order valence-corrected chi connectivity index (χ3v) is 19.5. The average molecular weight is 707 g/mol. The van der Waals surface area contributed by atoms with Gasteiger partial charge < -0.3 is 13.6 Å². The summed E-state index contributed by atoms with van der Waals surface area (Å²) in [7, 11) is -4.98. The van der Waals surface area contributed by atoms with Crippen molar-refractivity contribution in [2.75, 3.05) is 6.61 Å². The van der Waals surface area contributed by atoms with Gasteiger partial charge in [-0.05, 0) is 57.2 Å². The largest absolute Gasteiger partial charge is 0.414 e. The van der Waals surface area contributed by atoms with Crippen molar-refractivity contribution in [3.05, 3.63) is 139 Å². The van der Waals surface area contributed by atoms with Gasteiger partial charge in [0.05, 0.1) is 19.3 Å². The van der Waals surface area contributed by atoms with Crippen LogP contribution in [0.2, 0.25) is 23.2 Å². The minimum Gasteiger partial charge on any atom is -0.414 e. The maximum absolute atomic E-state index is 13.2. The second-order valence-electron chi connectivity index (χ2n) is 15.9. The first-order valence-corrected chi connectivity index (χ1v) is 22.9. The molecule has 0 bridgehead atoms. The Balaban J connectivity index is 1.66. The third-order valence-electron chi connectivity index (χ3n) is 10.00. The topological polar surface area (TPSA) is 44.8 Å². The van der Waals surface area contributed by atoms with Gasteiger partial charge in [-0.25, -0.2) is 0 Å². The molecule has 0 heterocycles. The van der Waals surface area contributed by atoms with Gasteiger partial charge in [0.15, 0.2) is 14.1 Å². The molecule has 0 N–H and O–H groups in total. The summed E-state index contributed by atoms with van der Waals surface area (Å²) in [4.78, 5) is 13.2. The second-order valence-corrected chi connectivity index (χ2v) is 24.9. The fraction of sp³-hybridized carbons (Fsp3) is 0.386. The van der Waals surface area contributed by atoms with Crippen molar-refractivity contribution in [3.63, 3.8) is 0 Å². The number of benzene rings is 4. The molecule has 4 aromatic carbocycles. The van der Waals surface area contributed by atoms with Gasteiger partial charge in [0.1, 0.15) is 0 Å². The highest BCUT2D eigenvalue weighted by molar-refractivity contribution is 6.99. The van der Waals surface area contributed by atoms with Crippen molar-refractivity contribution < 1.29 is 18.4 Å². The summed E-state index contributed by atoms with van der Waals surface area (Å²) >= 11 is 0. The number of ether oxygens (including phenoxy) is 1. The second kappa shape index (κ2) is 17.7. The molecular formula is C44H58O4Si2. The zero-order chi connectivity index (χ0) is 36.3. The minimum absolute atomic E-state index is 0.0221. The van der Waals surface area contributed by atoms with Crippen LogP contribution >= 0.6 is 0 Å². The van der Waals surface area contributed by atoms with Crippen LogP contribution in [0.3, 0.4) is 0 Å². The molecule has 0 aliphatic heterocycles. The molecule has 0 spiro atoms.